The SMILES string of the molecule is Cc1ccc2c(CCNC(=O)NCc3ccncc3)c[nH]c2c1. The largest absolute Gasteiger partial charge is 0.361 e. The van der Waals surface area contributed by atoms with Gasteiger partial charge in [0, 0.05) is 42.6 Å². The number of urea groups is 1. The Morgan fingerprint density at radius 1 is 1.17 bits per heavy atom. The van der Waals surface area contributed by atoms with Gasteiger partial charge >= 0.3 is 6.03 Å². The van der Waals surface area contributed by atoms with E-state index in [1.807, 2.05) is 18.3 Å². The van der Waals surface area contributed by atoms with Crippen LogP contribution in [0.1, 0.15) is 16.7 Å². The summed E-state index contributed by atoms with van der Waals surface area (Å²) in [5.74, 6) is 0. The van der Waals surface area contributed by atoms with Crippen molar-refractivity contribution >= 4 is 16.9 Å². The number of rotatable bonds is 5. The molecule has 0 saturated carbocycles. The van der Waals surface area contributed by atoms with Gasteiger partial charge in [0.1, 0.15) is 0 Å². The number of pyridine rings is 1. The Morgan fingerprint density at radius 3 is 2.83 bits per heavy atom. The van der Waals surface area contributed by atoms with Crippen molar-refractivity contribution in [3.63, 3.8) is 0 Å². The zero-order valence-corrected chi connectivity index (χ0v) is 13.1. The number of aromatic amines is 1. The molecule has 0 atom stereocenters. The first-order valence-electron chi connectivity index (χ1n) is 7.69. The highest BCUT2D eigenvalue weighted by Crippen LogP contribution is 2.19. The van der Waals surface area contributed by atoms with Crippen molar-refractivity contribution in [1.82, 2.24) is 20.6 Å². The molecule has 1 aromatic carbocycles. The second-order valence-corrected chi connectivity index (χ2v) is 5.58. The molecule has 3 aromatic rings. The predicted octanol–water partition coefficient (Wildman–Crippen LogP) is 2.91. The Hall–Kier alpha value is -2.82. The van der Waals surface area contributed by atoms with E-state index in [1.165, 1.54) is 16.5 Å². The number of H-pyrrole nitrogens is 1. The first-order chi connectivity index (χ1) is 11.2. The highest BCUT2D eigenvalue weighted by atomic mass is 16.2. The van der Waals surface area contributed by atoms with Crippen LogP contribution in [0.3, 0.4) is 0 Å². The van der Waals surface area contributed by atoms with Crippen molar-refractivity contribution in [2.24, 2.45) is 0 Å². The Balaban J connectivity index is 1.47. The van der Waals surface area contributed by atoms with Crippen molar-refractivity contribution in [1.29, 1.82) is 0 Å². The first kappa shape index (κ1) is 15.1. The number of fused-ring (bicyclic) bond motifs is 1. The van der Waals surface area contributed by atoms with Crippen LogP contribution in [0.4, 0.5) is 4.79 Å². The molecule has 0 saturated heterocycles. The maximum Gasteiger partial charge on any atom is 0.315 e. The molecule has 0 unspecified atom stereocenters. The van der Waals surface area contributed by atoms with Gasteiger partial charge in [-0.1, -0.05) is 12.1 Å². The van der Waals surface area contributed by atoms with E-state index in [0.717, 1.165) is 17.5 Å². The lowest BCUT2D eigenvalue weighted by atomic mass is 10.1. The minimum atomic E-state index is -0.155. The number of nitrogens with one attached hydrogen (secondary N) is 3. The fourth-order valence-electron chi connectivity index (χ4n) is 2.56. The molecular weight excluding hydrogens is 288 g/mol. The van der Waals surface area contributed by atoms with Crippen LogP contribution in [-0.2, 0) is 13.0 Å². The van der Waals surface area contributed by atoms with Crippen LogP contribution in [-0.4, -0.2) is 22.5 Å². The zero-order chi connectivity index (χ0) is 16.1. The number of nitrogens with zero attached hydrogens (tertiary/aromatic N) is 1. The van der Waals surface area contributed by atoms with Gasteiger partial charge in [0.2, 0.25) is 0 Å². The van der Waals surface area contributed by atoms with Crippen LogP contribution < -0.4 is 10.6 Å². The van der Waals surface area contributed by atoms with Gasteiger partial charge in [0.05, 0.1) is 0 Å². The second-order valence-electron chi connectivity index (χ2n) is 5.58. The maximum absolute atomic E-state index is 11.8. The fraction of sp³-hybridized carbons (Fsp3) is 0.222. The van der Waals surface area contributed by atoms with E-state index in [2.05, 4.69) is 45.7 Å². The summed E-state index contributed by atoms with van der Waals surface area (Å²) >= 11 is 0. The molecule has 0 aliphatic rings. The number of carbonyl (C=O) groups is 1. The van der Waals surface area contributed by atoms with Gasteiger partial charge < -0.3 is 15.6 Å². The van der Waals surface area contributed by atoms with Gasteiger partial charge in [-0.2, -0.15) is 0 Å². The molecule has 0 radical (unpaired) electrons. The van der Waals surface area contributed by atoms with E-state index in [-0.39, 0.29) is 6.03 Å². The van der Waals surface area contributed by atoms with E-state index in [1.54, 1.807) is 12.4 Å². The summed E-state index contributed by atoms with van der Waals surface area (Å²) in [5, 5.41) is 6.94. The normalized spacial score (nSPS) is 10.7. The Kier molecular flexibility index (Phi) is 4.57. The molecule has 0 fully saturated rings. The molecule has 118 valence electrons. The highest BCUT2D eigenvalue weighted by Gasteiger charge is 2.05. The van der Waals surface area contributed by atoms with Gasteiger partial charge in [0.25, 0.3) is 0 Å². The lowest BCUT2D eigenvalue weighted by Crippen LogP contribution is -2.36. The zero-order valence-electron chi connectivity index (χ0n) is 13.1. The molecular formula is C18H20N4O. The predicted molar refractivity (Wildman–Crippen MR) is 91.2 cm³/mol. The lowest BCUT2D eigenvalue weighted by molar-refractivity contribution is 0.240. The molecule has 0 aliphatic heterocycles. The van der Waals surface area contributed by atoms with Crippen molar-refractivity contribution < 1.29 is 4.79 Å². The molecule has 23 heavy (non-hydrogen) atoms. The number of amides is 2. The summed E-state index contributed by atoms with van der Waals surface area (Å²) in [4.78, 5) is 19.0. The highest BCUT2D eigenvalue weighted by molar-refractivity contribution is 5.83. The van der Waals surface area contributed by atoms with Crippen molar-refractivity contribution in [2.75, 3.05) is 6.54 Å². The summed E-state index contributed by atoms with van der Waals surface area (Å²) in [5.41, 5.74) is 4.62. The standard InChI is InChI=1S/C18H20N4O/c1-13-2-3-16-15(12-21-17(16)10-13)6-9-20-18(23)22-11-14-4-7-19-8-5-14/h2-5,7-8,10,12,21H,6,9,11H2,1H3,(H2,20,22,23). The average Bonchev–Trinajstić information content (AvgIpc) is 2.96. The van der Waals surface area contributed by atoms with E-state index in [4.69, 9.17) is 0 Å². The summed E-state index contributed by atoms with van der Waals surface area (Å²) in [6, 6.07) is 9.97. The van der Waals surface area contributed by atoms with Crippen LogP contribution in [0.15, 0.2) is 48.9 Å². The molecule has 5 nitrogen and oxygen atoms in total. The van der Waals surface area contributed by atoms with Crippen LogP contribution in [0.25, 0.3) is 10.9 Å². The van der Waals surface area contributed by atoms with Crippen LogP contribution >= 0.6 is 0 Å². The first-order valence-corrected chi connectivity index (χ1v) is 7.69. The number of hydrogen-bond donors (Lipinski definition) is 3. The molecule has 0 aliphatic carbocycles. The third-order valence-electron chi connectivity index (χ3n) is 3.81. The average molecular weight is 308 g/mol. The number of aryl methyl sites for hydroxylation is 1. The molecule has 0 bridgehead atoms. The van der Waals surface area contributed by atoms with Crippen LogP contribution in [0.2, 0.25) is 0 Å². The van der Waals surface area contributed by atoms with E-state index >= 15 is 0 Å². The number of hydrogen-bond acceptors (Lipinski definition) is 2. The molecule has 3 rings (SSSR count). The third-order valence-corrected chi connectivity index (χ3v) is 3.81. The minimum absolute atomic E-state index is 0.155. The van der Waals surface area contributed by atoms with Crippen molar-refractivity contribution in [3.8, 4) is 0 Å². The van der Waals surface area contributed by atoms with E-state index in [9.17, 15) is 4.79 Å². The van der Waals surface area contributed by atoms with Crippen molar-refractivity contribution in [3.05, 3.63) is 65.6 Å². The second kappa shape index (κ2) is 6.96. The summed E-state index contributed by atoms with van der Waals surface area (Å²) in [6.45, 7) is 3.18. The third kappa shape index (κ3) is 3.88. The molecule has 2 amide bonds. The lowest BCUT2D eigenvalue weighted by Gasteiger charge is -2.07. The Bertz CT molecular complexity index is 795. The van der Waals surface area contributed by atoms with Crippen LogP contribution in [0.5, 0.6) is 0 Å². The van der Waals surface area contributed by atoms with Gasteiger partial charge in [0.15, 0.2) is 0 Å². The van der Waals surface area contributed by atoms with Gasteiger partial charge in [-0.05, 0) is 48.2 Å². The van der Waals surface area contributed by atoms with Crippen molar-refractivity contribution in [2.45, 2.75) is 19.9 Å². The monoisotopic (exact) mass is 308 g/mol. The summed E-state index contributed by atoms with van der Waals surface area (Å²) in [7, 11) is 0. The molecule has 2 aromatic heterocycles. The Labute approximate surface area is 135 Å². The van der Waals surface area contributed by atoms with Crippen LogP contribution in [0, 0.1) is 6.92 Å². The van der Waals surface area contributed by atoms with E-state index in [0.29, 0.717) is 13.1 Å². The van der Waals surface area contributed by atoms with Gasteiger partial charge in [-0.15, -0.1) is 0 Å². The molecule has 3 N–H and O–H groups in total. The number of benzene rings is 1. The number of aromatic nitrogens is 2. The maximum atomic E-state index is 11.8. The fourth-order valence-corrected chi connectivity index (χ4v) is 2.56. The minimum Gasteiger partial charge on any atom is -0.361 e. The smallest absolute Gasteiger partial charge is 0.315 e. The molecule has 0 spiro atoms. The number of carbonyl (C=O) groups excluding carboxylic acids is 1. The van der Waals surface area contributed by atoms with E-state index < -0.39 is 0 Å². The quantitative estimate of drug-likeness (QED) is 0.678. The van der Waals surface area contributed by atoms with Gasteiger partial charge in [-0.25, -0.2) is 4.79 Å². The van der Waals surface area contributed by atoms with Gasteiger partial charge in [-0.3, -0.25) is 4.98 Å². The summed E-state index contributed by atoms with van der Waals surface area (Å²) < 4.78 is 0. The topological polar surface area (TPSA) is 69.8 Å². The molecule has 2 heterocycles. The molecule has 5 heteroatoms. The Morgan fingerprint density at radius 2 is 2.00 bits per heavy atom. The summed E-state index contributed by atoms with van der Waals surface area (Å²) in [6.07, 6.45) is 6.24.